The van der Waals surface area contributed by atoms with E-state index in [0.29, 0.717) is 29.1 Å². The second-order valence-corrected chi connectivity index (χ2v) is 8.58. The summed E-state index contributed by atoms with van der Waals surface area (Å²) in [7, 11) is 3.57. The van der Waals surface area contributed by atoms with E-state index in [-0.39, 0.29) is 24.9 Å². The maximum Gasteiger partial charge on any atom is 0.414 e. The molecule has 0 unspecified atom stereocenters. The van der Waals surface area contributed by atoms with Crippen LogP contribution < -0.4 is 10.2 Å². The average molecular weight is 479 g/mol. The van der Waals surface area contributed by atoms with Crippen LogP contribution in [0.5, 0.6) is 0 Å². The molecule has 4 rings (SSSR count). The van der Waals surface area contributed by atoms with Crippen molar-refractivity contribution in [2.45, 2.75) is 19.6 Å². The fourth-order valence-electron chi connectivity index (χ4n) is 4.02. The summed E-state index contributed by atoms with van der Waals surface area (Å²) in [5, 5.41) is 2.61. The normalized spacial score (nSPS) is 15.1. The van der Waals surface area contributed by atoms with Gasteiger partial charge in [0.25, 0.3) is 5.91 Å². The van der Waals surface area contributed by atoms with E-state index in [0.717, 1.165) is 5.56 Å². The van der Waals surface area contributed by atoms with Gasteiger partial charge in [-0.25, -0.2) is 9.18 Å². The van der Waals surface area contributed by atoms with E-state index in [2.05, 4.69) is 5.32 Å². The molecule has 35 heavy (non-hydrogen) atoms. The molecule has 1 N–H and O–H groups in total. The molecule has 0 bridgehead atoms. The van der Waals surface area contributed by atoms with Gasteiger partial charge in [0.05, 0.1) is 18.8 Å². The topological polar surface area (TPSA) is 83.9 Å². The van der Waals surface area contributed by atoms with Gasteiger partial charge >= 0.3 is 6.09 Å². The number of aryl methyl sites for hydroxylation is 1. The molecule has 1 saturated heterocycles. The number of anilines is 1. The van der Waals surface area contributed by atoms with Crippen LogP contribution in [-0.4, -0.2) is 53.6 Å². The molecular formula is C26H27FN4O4. The lowest BCUT2D eigenvalue weighted by Crippen LogP contribution is -2.33. The highest BCUT2D eigenvalue weighted by atomic mass is 19.1. The van der Waals surface area contributed by atoms with E-state index in [1.807, 2.05) is 43.6 Å². The SMILES string of the molecule is CC(=O)NC[C@H]1CN(c2ccc(-c3ccc(CN(C)C(=O)c4cccn4C)cc3)c(F)c2)C(=O)O1. The fraction of sp³-hybridized carbons (Fsp3) is 0.269. The number of carbonyl (C=O) groups excluding carboxylic acids is 3. The van der Waals surface area contributed by atoms with E-state index in [1.165, 1.54) is 17.9 Å². The molecule has 0 saturated carbocycles. The van der Waals surface area contributed by atoms with E-state index in [9.17, 15) is 18.8 Å². The van der Waals surface area contributed by atoms with Gasteiger partial charge in [0, 0.05) is 39.3 Å². The summed E-state index contributed by atoms with van der Waals surface area (Å²) in [6, 6.07) is 15.5. The van der Waals surface area contributed by atoms with Crippen LogP contribution in [-0.2, 0) is 23.1 Å². The average Bonchev–Trinajstić information content (AvgIpc) is 3.42. The predicted molar refractivity (Wildman–Crippen MR) is 129 cm³/mol. The second-order valence-electron chi connectivity index (χ2n) is 8.58. The first kappa shape index (κ1) is 24.0. The van der Waals surface area contributed by atoms with Crippen LogP contribution in [0.15, 0.2) is 60.8 Å². The van der Waals surface area contributed by atoms with Gasteiger partial charge in [0.15, 0.2) is 0 Å². The first-order valence-electron chi connectivity index (χ1n) is 11.2. The Morgan fingerprint density at radius 3 is 2.54 bits per heavy atom. The van der Waals surface area contributed by atoms with Crippen LogP contribution in [0, 0.1) is 5.82 Å². The number of carbonyl (C=O) groups is 3. The molecule has 182 valence electrons. The van der Waals surface area contributed by atoms with Gasteiger partial charge < -0.3 is 19.5 Å². The largest absolute Gasteiger partial charge is 0.442 e. The number of halogens is 1. The summed E-state index contributed by atoms with van der Waals surface area (Å²) < 4.78 is 22.0. The van der Waals surface area contributed by atoms with Crippen molar-refractivity contribution >= 4 is 23.6 Å². The van der Waals surface area contributed by atoms with Gasteiger partial charge in [0.1, 0.15) is 17.6 Å². The molecule has 0 radical (unpaired) electrons. The Balaban J connectivity index is 1.42. The van der Waals surface area contributed by atoms with Crippen molar-refractivity contribution in [1.82, 2.24) is 14.8 Å². The number of nitrogens with zero attached hydrogens (tertiary/aromatic N) is 3. The number of ether oxygens (including phenoxy) is 1. The number of cyclic esters (lactones) is 1. The molecule has 8 nitrogen and oxygen atoms in total. The summed E-state index contributed by atoms with van der Waals surface area (Å²) in [5.41, 5.74) is 2.99. The molecule has 1 aliphatic heterocycles. The molecule has 3 amide bonds. The lowest BCUT2D eigenvalue weighted by Gasteiger charge is -2.18. The summed E-state index contributed by atoms with van der Waals surface area (Å²) in [6.07, 6.45) is 0.756. The van der Waals surface area contributed by atoms with Crippen LogP contribution in [0.25, 0.3) is 11.1 Å². The second kappa shape index (κ2) is 10.0. The number of hydrogen-bond donors (Lipinski definition) is 1. The van der Waals surface area contributed by atoms with Crippen LogP contribution in [0.4, 0.5) is 14.9 Å². The standard InChI is InChI=1S/C26H27FN4O4/c1-17(32)28-14-21-16-31(26(34)35-21)20-10-11-22(23(27)13-20)19-8-6-18(7-9-19)15-30(3)25(33)24-5-4-12-29(24)2/h4-13,21H,14-16H2,1-3H3,(H,28,32)/t21-/m0/s1. The third kappa shape index (κ3) is 5.34. The zero-order valence-electron chi connectivity index (χ0n) is 19.8. The minimum atomic E-state index is -0.578. The Morgan fingerprint density at radius 1 is 1.17 bits per heavy atom. The van der Waals surface area contributed by atoms with E-state index >= 15 is 0 Å². The van der Waals surface area contributed by atoms with Gasteiger partial charge in [-0.3, -0.25) is 14.5 Å². The van der Waals surface area contributed by atoms with E-state index in [1.54, 1.807) is 34.7 Å². The summed E-state index contributed by atoms with van der Waals surface area (Å²) >= 11 is 0. The number of rotatable bonds is 7. The summed E-state index contributed by atoms with van der Waals surface area (Å²) in [4.78, 5) is 38.9. The van der Waals surface area contributed by atoms with Crippen LogP contribution in [0.2, 0.25) is 0 Å². The van der Waals surface area contributed by atoms with Crippen molar-refractivity contribution in [3.63, 3.8) is 0 Å². The molecule has 1 atom stereocenters. The number of nitrogens with one attached hydrogen (secondary N) is 1. The van der Waals surface area contributed by atoms with Gasteiger partial charge in [-0.15, -0.1) is 0 Å². The molecule has 3 aromatic rings. The van der Waals surface area contributed by atoms with Crippen molar-refractivity contribution in [3.8, 4) is 11.1 Å². The molecule has 1 aromatic heterocycles. The Labute approximate surface area is 202 Å². The Kier molecular flexibility index (Phi) is 6.86. The van der Waals surface area contributed by atoms with E-state index < -0.39 is 18.0 Å². The van der Waals surface area contributed by atoms with Gasteiger partial charge in [-0.2, -0.15) is 0 Å². The van der Waals surface area contributed by atoms with Crippen molar-refractivity contribution in [3.05, 3.63) is 77.9 Å². The lowest BCUT2D eigenvalue weighted by atomic mass is 10.0. The first-order chi connectivity index (χ1) is 16.7. The van der Waals surface area contributed by atoms with Gasteiger partial charge in [-0.1, -0.05) is 24.3 Å². The molecule has 1 fully saturated rings. The highest BCUT2D eigenvalue weighted by Crippen LogP contribution is 2.29. The molecule has 2 heterocycles. The molecule has 0 spiro atoms. The zero-order valence-corrected chi connectivity index (χ0v) is 19.8. The highest BCUT2D eigenvalue weighted by Gasteiger charge is 2.32. The first-order valence-corrected chi connectivity index (χ1v) is 11.2. The Hall–Kier alpha value is -4.14. The molecule has 0 aliphatic carbocycles. The maximum absolute atomic E-state index is 15.0. The quantitative estimate of drug-likeness (QED) is 0.563. The van der Waals surface area contributed by atoms with Crippen molar-refractivity contribution in [2.75, 3.05) is 25.0 Å². The van der Waals surface area contributed by atoms with Crippen molar-refractivity contribution in [1.29, 1.82) is 0 Å². The number of aromatic nitrogens is 1. The number of benzene rings is 2. The third-order valence-electron chi connectivity index (χ3n) is 5.91. The molecule has 9 heteroatoms. The van der Waals surface area contributed by atoms with E-state index in [4.69, 9.17) is 4.74 Å². The fourth-order valence-corrected chi connectivity index (χ4v) is 4.02. The molecular weight excluding hydrogens is 451 g/mol. The van der Waals surface area contributed by atoms with Crippen molar-refractivity contribution in [2.24, 2.45) is 7.05 Å². The van der Waals surface area contributed by atoms with Crippen LogP contribution >= 0.6 is 0 Å². The van der Waals surface area contributed by atoms with Gasteiger partial charge in [0.2, 0.25) is 5.91 Å². The smallest absolute Gasteiger partial charge is 0.414 e. The minimum Gasteiger partial charge on any atom is -0.442 e. The summed E-state index contributed by atoms with van der Waals surface area (Å²) in [5.74, 6) is -0.761. The number of amides is 3. The molecule has 2 aromatic carbocycles. The molecule has 1 aliphatic rings. The monoisotopic (exact) mass is 478 g/mol. The lowest BCUT2D eigenvalue weighted by molar-refractivity contribution is -0.119. The zero-order chi connectivity index (χ0) is 25.1. The van der Waals surface area contributed by atoms with Crippen LogP contribution in [0.3, 0.4) is 0 Å². The summed E-state index contributed by atoms with van der Waals surface area (Å²) in [6.45, 7) is 2.23. The number of hydrogen-bond acceptors (Lipinski definition) is 4. The predicted octanol–water partition coefficient (Wildman–Crippen LogP) is 3.56. The highest BCUT2D eigenvalue weighted by molar-refractivity contribution is 5.92. The Bertz CT molecular complexity index is 1250. The maximum atomic E-state index is 15.0. The minimum absolute atomic E-state index is 0.0806. The van der Waals surface area contributed by atoms with Crippen LogP contribution in [0.1, 0.15) is 23.0 Å². The Morgan fingerprint density at radius 2 is 1.91 bits per heavy atom. The van der Waals surface area contributed by atoms with Crippen molar-refractivity contribution < 1.29 is 23.5 Å². The third-order valence-corrected chi connectivity index (χ3v) is 5.91. The van der Waals surface area contributed by atoms with Gasteiger partial charge in [-0.05, 0) is 41.5 Å².